The van der Waals surface area contributed by atoms with Gasteiger partial charge in [-0.05, 0) is 57.5 Å². The molecule has 0 aromatic heterocycles. The van der Waals surface area contributed by atoms with Crippen LogP contribution in [-0.2, 0) is 4.79 Å². The van der Waals surface area contributed by atoms with Crippen molar-refractivity contribution in [2.45, 2.75) is 38.7 Å². The Hall–Kier alpha value is -2.67. The van der Waals surface area contributed by atoms with Gasteiger partial charge in [0, 0.05) is 10.5 Å². The Balaban J connectivity index is 1.89. The molecule has 0 aliphatic rings. The first kappa shape index (κ1) is 21.6. The molecule has 0 radical (unpaired) electrons. The Morgan fingerprint density at radius 1 is 1.04 bits per heavy atom. The molecule has 0 fully saturated rings. The zero-order chi connectivity index (χ0) is 20.7. The van der Waals surface area contributed by atoms with Crippen LogP contribution in [0, 0.1) is 13.8 Å². The molecule has 2 aromatic carbocycles. The van der Waals surface area contributed by atoms with Crippen LogP contribution in [0.15, 0.2) is 41.3 Å². The van der Waals surface area contributed by atoms with E-state index in [1.807, 2.05) is 39.8 Å². The summed E-state index contributed by atoms with van der Waals surface area (Å²) in [6, 6.07) is 10.9. The molecule has 150 valence electrons. The average Bonchev–Trinajstić information content (AvgIpc) is 2.65. The van der Waals surface area contributed by atoms with Crippen molar-refractivity contribution in [1.82, 2.24) is 10.9 Å². The maximum absolute atomic E-state index is 12.3. The number of amides is 2. The van der Waals surface area contributed by atoms with Gasteiger partial charge < -0.3 is 9.47 Å². The highest BCUT2D eigenvalue weighted by Gasteiger charge is 2.13. The average molecular weight is 403 g/mol. The third kappa shape index (κ3) is 6.20. The van der Waals surface area contributed by atoms with Crippen molar-refractivity contribution in [3.05, 3.63) is 53.1 Å². The lowest BCUT2D eigenvalue weighted by molar-refractivity contribution is -0.119. The molecule has 28 heavy (non-hydrogen) atoms. The normalized spacial score (nSPS) is 10.5. The number of carbonyl (C=O) groups excluding carboxylic acids is 2. The Morgan fingerprint density at radius 3 is 2.43 bits per heavy atom. The Labute approximate surface area is 170 Å². The number of hydrogen-bond acceptors (Lipinski definition) is 5. The fraction of sp³-hybridized carbons (Fsp3) is 0.333. The van der Waals surface area contributed by atoms with Gasteiger partial charge in [0.2, 0.25) is 5.91 Å². The molecule has 0 saturated carbocycles. The maximum atomic E-state index is 12.3. The first-order valence-corrected chi connectivity index (χ1v) is 9.92. The zero-order valence-electron chi connectivity index (χ0n) is 16.8. The minimum absolute atomic E-state index is 0.0115. The van der Waals surface area contributed by atoms with Gasteiger partial charge in [0.1, 0.15) is 0 Å². The van der Waals surface area contributed by atoms with E-state index in [1.165, 1.54) is 24.4 Å². The maximum Gasteiger partial charge on any atom is 0.269 e. The molecule has 0 aliphatic carbocycles. The predicted octanol–water partition coefficient (Wildman–Crippen LogP) is 3.65. The second-order valence-corrected chi connectivity index (χ2v) is 7.61. The van der Waals surface area contributed by atoms with E-state index in [-0.39, 0.29) is 17.8 Å². The number of rotatable bonds is 7. The van der Waals surface area contributed by atoms with E-state index in [4.69, 9.17) is 9.47 Å². The minimum atomic E-state index is -0.431. The van der Waals surface area contributed by atoms with Crippen LogP contribution < -0.4 is 20.3 Å². The molecule has 0 bridgehead atoms. The number of ether oxygens (including phenoxy) is 2. The number of nitrogens with one attached hydrogen (secondary N) is 2. The summed E-state index contributed by atoms with van der Waals surface area (Å²) in [7, 11) is 1.51. The van der Waals surface area contributed by atoms with Gasteiger partial charge in [-0.15, -0.1) is 11.8 Å². The van der Waals surface area contributed by atoms with E-state index >= 15 is 0 Å². The van der Waals surface area contributed by atoms with Crippen molar-refractivity contribution < 1.29 is 19.1 Å². The molecule has 2 rings (SSSR count). The first-order valence-electron chi connectivity index (χ1n) is 8.94. The summed E-state index contributed by atoms with van der Waals surface area (Å²) in [5, 5.41) is 0. The first-order chi connectivity index (χ1) is 13.3. The van der Waals surface area contributed by atoms with Gasteiger partial charge in [0.15, 0.2) is 11.5 Å². The van der Waals surface area contributed by atoms with Gasteiger partial charge in [-0.3, -0.25) is 20.4 Å². The third-order valence-electron chi connectivity index (χ3n) is 3.79. The lowest BCUT2D eigenvalue weighted by Gasteiger charge is -2.14. The van der Waals surface area contributed by atoms with Crippen LogP contribution in [0.3, 0.4) is 0 Å². The Kier molecular flexibility index (Phi) is 7.75. The van der Waals surface area contributed by atoms with E-state index < -0.39 is 5.91 Å². The largest absolute Gasteiger partial charge is 0.493 e. The van der Waals surface area contributed by atoms with Crippen LogP contribution in [0.2, 0.25) is 0 Å². The van der Waals surface area contributed by atoms with Crippen molar-refractivity contribution in [3.63, 3.8) is 0 Å². The molecule has 2 aromatic rings. The van der Waals surface area contributed by atoms with Crippen LogP contribution in [0.1, 0.15) is 35.3 Å². The van der Waals surface area contributed by atoms with Crippen LogP contribution in [0.4, 0.5) is 0 Å². The topological polar surface area (TPSA) is 76.7 Å². The molecule has 0 unspecified atom stereocenters. The van der Waals surface area contributed by atoms with E-state index in [0.29, 0.717) is 17.1 Å². The van der Waals surface area contributed by atoms with Crippen molar-refractivity contribution >= 4 is 23.6 Å². The number of carbonyl (C=O) groups is 2. The van der Waals surface area contributed by atoms with E-state index in [1.54, 1.807) is 18.2 Å². The number of hydrazine groups is 1. The van der Waals surface area contributed by atoms with Gasteiger partial charge >= 0.3 is 0 Å². The van der Waals surface area contributed by atoms with Gasteiger partial charge in [-0.1, -0.05) is 17.7 Å². The smallest absolute Gasteiger partial charge is 0.269 e. The molecule has 0 spiro atoms. The summed E-state index contributed by atoms with van der Waals surface area (Å²) in [5.41, 5.74) is 7.52. The summed E-state index contributed by atoms with van der Waals surface area (Å²) in [6.07, 6.45) is -0.0115. The minimum Gasteiger partial charge on any atom is -0.493 e. The van der Waals surface area contributed by atoms with Crippen LogP contribution in [-0.4, -0.2) is 30.8 Å². The Morgan fingerprint density at radius 2 is 1.79 bits per heavy atom. The van der Waals surface area contributed by atoms with Crippen LogP contribution in [0.5, 0.6) is 11.5 Å². The predicted molar refractivity (Wildman–Crippen MR) is 111 cm³/mol. The zero-order valence-corrected chi connectivity index (χ0v) is 17.6. The second kappa shape index (κ2) is 10.0. The number of methoxy groups -OCH3 is 1. The highest BCUT2D eigenvalue weighted by atomic mass is 32.2. The van der Waals surface area contributed by atoms with Crippen LogP contribution in [0.25, 0.3) is 0 Å². The molecule has 0 saturated heterocycles. The number of aryl methyl sites for hydroxylation is 2. The monoisotopic (exact) mass is 402 g/mol. The van der Waals surface area contributed by atoms with Crippen molar-refractivity contribution in [2.24, 2.45) is 0 Å². The summed E-state index contributed by atoms with van der Waals surface area (Å²) in [5.74, 6) is 0.500. The molecular formula is C21H26N2O4S. The lowest BCUT2D eigenvalue weighted by Crippen LogP contribution is -2.42. The molecule has 0 atom stereocenters. The van der Waals surface area contributed by atoms with Gasteiger partial charge in [-0.25, -0.2) is 0 Å². The van der Waals surface area contributed by atoms with Crippen molar-refractivity contribution in [1.29, 1.82) is 0 Å². The fourth-order valence-corrected chi connectivity index (χ4v) is 3.31. The standard InChI is InChI=1S/C21H26N2O4S/c1-13(2)27-17-8-7-16(11-18(17)26-5)21(25)23-22-20(24)12-28-19-9-6-14(3)10-15(19)4/h6-11,13H,12H2,1-5H3,(H,22,24)(H,23,25). The molecule has 6 nitrogen and oxygen atoms in total. The van der Waals surface area contributed by atoms with Gasteiger partial charge in [0.05, 0.1) is 19.0 Å². The number of hydrogen-bond donors (Lipinski definition) is 2. The van der Waals surface area contributed by atoms with Crippen molar-refractivity contribution in [2.75, 3.05) is 12.9 Å². The summed E-state index contributed by atoms with van der Waals surface area (Å²) < 4.78 is 10.9. The number of thioether (sulfide) groups is 1. The highest BCUT2D eigenvalue weighted by molar-refractivity contribution is 8.00. The molecule has 7 heteroatoms. The molecular weight excluding hydrogens is 376 g/mol. The number of benzene rings is 2. The van der Waals surface area contributed by atoms with Gasteiger partial charge in [0.25, 0.3) is 5.91 Å². The summed E-state index contributed by atoms with van der Waals surface area (Å²) >= 11 is 1.43. The van der Waals surface area contributed by atoms with E-state index in [0.717, 1.165) is 10.5 Å². The van der Waals surface area contributed by atoms with E-state index in [2.05, 4.69) is 16.9 Å². The molecule has 2 N–H and O–H groups in total. The lowest BCUT2D eigenvalue weighted by atomic mass is 10.2. The summed E-state index contributed by atoms with van der Waals surface area (Å²) in [6.45, 7) is 7.85. The second-order valence-electron chi connectivity index (χ2n) is 6.59. The van der Waals surface area contributed by atoms with Gasteiger partial charge in [-0.2, -0.15) is 0 Å². The molecule has 0 aliphatic heterocycles. The Bertz CT molecular complexity index is 852. The molecule has 0 heterocycles. The van der Waals surface area contributed by atoms with E-state index in [9.17, 15) is 9.59 Å². The quantitative estimate of drug-likeness (QED) is 0.546. The SMILES string of the molecule is COc1cc(C(=O)NNC(=O)CSc2ccc(C)cc2C)ccc1OC(C)C. The highest BCUT2D eigenvalue weighted by Crippen LogP contribution is 2.29. The molecule has 2 amide bonds. The fourth-order valence-electron chi connectivity index (χ4n) is 2.50. The summed E-state index contributed by atoms with van der Waals surface area (Å²) in [4.78, 5) is 25.4. The van der Waals surface area contributed by atoms with Crippen LogP contribution >= 0.6 is 11.8 Å². The van der Waals surface area contributed by atoms with Crippen molar-refractivity contribution in [3.8, 4) is 11.5 Å². The third-order valence-corrected chi connectivity index (χ3v) is 4.97.